The minimum absolute atomic E-state index is 0.396. The first-order valence-electron chi connectivity index (χ1n) is 7.35. The smallest absolute Gasteiger partial charge is 0.290 e. The average Bonchev–Trinajstić information content (AvgIpc) is 2.51. The highest BCUT2D eigenvalue weighted by Gasteiger charge is 2.45. The van der Waals surface area contributed by atoms with Crippen LogP contribution in [0, 0.1) is 0 Å². The highest BCUT2D eigenvalue weighted by Crippen LogP contribution is 2.41. The Balaban J connectivity index is 2.45. The van der Waals surface area contributed by atoms with Crippen molar-refractivity contribution in [2.24, 2.45) is 0 Å². The summed E-state index contributed by atoms with van der Waals surface area (Å²) in [6.07, 6.45) is 0. The highest BCUT2D eigenvalue weighted by atomic mass is 79.9. The van der Waals surface area contributed by atoms with Crippen LogP contribution in [-0.4, -0.2) is 55.3 Å². The van der Waals surface area contributed by atoms with Crippen LogP contribution >= 0.6 is 15.9 Å². The fourth-order valence-corrected chi connectivity index (χ4v) is 3.12. The topological polar surface area (TPSA) is 44.7 Å². The van der Waals surface area contributed by atoms with Gasteiger partial charge in [0.25, 0.3) is 5.92 Å². The Morgan fingerprint density at radius 1 is 1.41 bits per heavy atom. The lowest BCUT2D eigenvalue weighted by molar-refractivity contribution is -0.119. The molecule has 1 aromatic carbocycles. The summed E-state index contributed by atoms with van der Waals surface area (Å²) in [4.78, 5) is 1.71. The van der Waals surface area contributed by atoms with E-state index in [2.05, 4.69) is 21.2 Å². The summed E-state index contributed by atoms with van der Waals surface area (Å²) < 4.78 is 35.1. The summed E-state index contributed by atoms with van der Waals surface area (Å²) in [5.41, 5.74) is 0.400. The third-order valence-electron chi connectivity index (χ3n) is 3.69. The van der Waals surface area contributed by atoms with Gasteiger partial charge in [-0.05, 0) is 25.1 Å². The molecule has 7 heteroatoms. The highest BCUT2D eigenvalue weighted by molar-refractivity contribution is 9.10. The maximum atomic E-state index is 14.5. The van der Waals surface area contributed by atoms with Crippen molar-refractivity contribution in [1.82, 2.24) is 10.2 Å². The number of rotatable bonds is 6. The average molecular weight is 379 g/mol. The molecule has 0 spiro atoms. The Hall–Kier alpha value is -0.760. The van der Waals surface area contributed by atoms with Crippen molar-refractivity contribution in [1.29, 1.82) is 0 Å². The summed E-state index contributed by atoms with van der Waals surface area (Å²) in [6, 6.07) is 3.89. The summed E-state index contributed by atoms with van der Waals surface area (Å²) in [5, 5.41) is 12.4. The van der Waals surface area contributed by atoms with Crippen molar-refractivity contribution < 1.29 is 18.6 Å². The lowest BCUT2D eigenvalue weighted by atomic mass is 9.97. The Kier molecular flexibility index (Phi) is 6.14. The third-order valence-corrected chi connectivity index (χ3v) is 4.19. The van der Waals surface area contributed by atoms with E-state index < -0.39 is 18.6 Å². The zero-order chi connectivity index (χ0) is 16.2. The molecule has 0 amide bonds. The molecule has 1 aliphatic rings. The molecule has 0 radical (unpaired) electrons. The lowest BCUT2D eigenvalue weighted by Crippen LogP contribution is -2.51. The van der Waals surface area contributed by atoms with Crippen LogP contribution in [-0.2, 0) is 0 Å². The number of ether oxygens (including phenoxy) is 1. The molecule has 22 heavy (non-hydrogen) atoms. The molecular weight excluding hydrogens is 358 g/mol. The molecule has 124 valence electrons. The lowest BCUT2D eigenvalue weighted by Gasteiger charge is -2.39. The maximum absolute atomic E-state index is 14.5. The minimum atomic E-state index is -3.25. The van der Waals surface area contributed by atoms with Crippen LogP contribution in [0.5, 0.6) is 5.75 Å². The Labute approximate surface area is 137 Å². The van der Waals surface area contributed by atoms with Crippen LogP contribution in [0.3, 0.4) is 0 Å². The third kappa shape index (κ3) is 3.95. The van der Waals surface area contributed by atoms with Crippen LogP contribution in [0.25, 0.3) is 0 Å². The second kappa shape index (κ2) is 7.68. The fourth-order valence-electron chi connectivity index (χ4n) is 2.74. The van der Waals surface area contributed by atoms with Gasteiger partial charge in [0.2, 0.25) is 0 Å². The van der Waals surface area contributed by atoms with E-state index in [4.69, 9.17) is 4.74 Å². The predicted molar refractivity (Wildman–Crippen MR) is 84.5 cm³/mol. The van der Waals surface area contributed by atoms with Crippen LogP contribution in [0.2, 0.25) is 0 Å². The number of nitrogens with one attached hydrogen (secondary N) is 1. The number of hydrogen-bond donors (Lipinski definition) is 2. The summed E-state index contributed by atoms with van der Waals surface area (Å²) in [6.45, 7) is 3.31. The first kappa shape index (κ1) is 17.6. The number of aliphatic hydroxyl groups excluding tert-OH is 1. The van der Waals surface area contributed by atoms with Gasteiger partial charge in [-0.1, -0.05) is 15.9 Å². The number of piperazine rings is 1. The monoisotopic (exact) mass is 378 g/mol. The number of alkyl halides is 2. The fraction of sp³-hybridized carbons (Fsp3) is 0.600. The molecule has 1 atom stereocenters. The number of aliphatic hydroxyl groups is 1. The van der Waals surface area contributed by atoms with Gasteiger partial charge in [-0.25, -0.2) is 8.78 Å². The molecule has 1 saturated heterocycles. The summed E-state index contributed by atoms with van der Waals surface area (Å²) >= 11 is 3.33. The zero-order valence-electron chi connectivity index (χ0n) is 12.5. The van der Waals surface area contributed by atoms with Gasteiger partial charge in [-0.3, -0.25) is 4.90 Å². The summed E-state index contributed by atoms with van der Waals surface area (Å²) in [5.74, 6) is -2.81. The van der Waals surface area contributed by atoms with Crippen LogP contribution in [0.1, 0.15) is 18.5 Å². The maximum Gasteiger partial charge on any atom is 0.290 e. The minimum Gasteiger partial charge on any atom is -0.494 e. The number of hydrogen-bond acceptors (Lipinski definition) is 4. The number of nitrogens with zero attached hydrogens (tertiary/aromatic N) is 1. The van der Waals surface area contributed by atoms with Gasteiger partial charge in [0.15, 0.2) is 0 Å². The van der Waals surface area contributed by atoms with Crippen molar-refractivity contribution in [2.75, 3.05) is 39.4 Å². The molecule has 0 aliphatic carbocycles. The van der Waals surface area contributed by atoms with E-state index >= 15 is 0 Å². The van der Waals surface area contributed by atoms with Gasteiger partial charge in [0.05, 0.1) is 6.61 Å². The van der Waals surface area contributed by atoms with E-state index in [1.165, 1.54) is 0 Å². The van der Waals surface area contributed by atoms with Gasteiger partial charge in [-0.15, -0.1) is 0 Å². The normalized spacial score (nSPS) is 18.2. The first-order chi connectivity index (χ1) is 10.5. The van der Waals surface area contributed by atoms with Crippen LogP contribution < -0.4 is 10.1 Å². The van der Waals surface area contributed by atoms with Crippen molar-refractivity contribution >= 4 is 15.9 Å². The molecule has 1 fully saturated rings. The molecule has 0 saturated carbocycles. The summed E-state index contributed by atoms with van der Waals surface area (Å²) in [7, 11) is 0. The molecule has 2 N–H and O–H groups in total. The van der Waals surface area contributed by atoms with Gasteiger partial charge in [0, 0.05) is 36.2 Å². The first-order valence-corrected chi connectivity index (χ1v) is 8.14. The SMILES string of the molecule is CCOc1ccc(Br)cc1[C@@H](N1CCNCC1)C(F)(F)CO. The van der Waals surface area contributed by atoms with E-state index in [9.17, 15) is 13.9 Å². The van der Waals surface area contributed by atoms with Gasteiger partial charge < -0.3 is 15.2 Å². The number of halogens is 3. The van der Waals surface area contributed by atoms with E-state index in [1.807, 2.05) is 6.92 Å². The molecule has 1 aromatic rings. The van der Waals surface area contributed by atoms with Crippen LogP contribution in [0.4, 0.5) is 8.78 Å². The Morgan fingerprint density at radius 3 is 2.68 bits per heavy atom. The van der Waals surface area contributed by atoms with E-state index in [-0.39, 0.29) is 0 Å². The Morgan fingerprint density at radius 2 is 2.09 bits per heavy atom. The molecule has 4 nitrogen and oxygen atoms in total. The molecule has 1 aliphatic heterocycles. The second-order valence-electron chi connectivity index (χ2n) is 5.22. The molecule has 0 unspecified atom stereocenters. The van der Waals surface area contributed by atoms with Crippen molar-refractivity contribution in [2.45, 2.75) is 18.9 Å². The molecule has 0 bridgehead atoms. The molecule has 1 heterocycles. The molecule has 2 rings (SSSR count). The van der Waals surface area contributed by atoms with E-state index in [1.54, 1.807) is 23.1 Å². The predicted octanol–water partition coefficient (Wildman–Crippen LogP) is 2.42. The van der Waals surface area contributed by atoms with Gasteiger partial charge >= 0.3 is 0 Å². The Bertz CT molecular complexity index is 496. The van der Waals surface area contributed by atoms with E-state index in [0.717, 1.165) is 0 Å². The molecular formula is C15H21BrF2N2O2. The standard InChI is InChI=1S/C15H21BrF2N2O2/c1-2-22-13-4-3-11(16)9-12(13)14(15(17,18)10-21)20-7-5-19-6-8-20/h3-4,9,14,19,21H,2,5-8,10H2,1H3/t14-/m1/s1. The van der Waals surface area contributed by atoms with E-state index in [0.29, 0.717) is 48.6 Å². The largest absolute Gasteiger partial charge is 0.494 e. The second-order valence-corrected chi connectivity index (χ2v) is 6.14. The van der Waals surface area contributed by atoms with Crippen molar-refractivity contribution in [3.05, 3.63) is 28.2 Å². The van der Waals surface area contributed by atoms with Crippen molar-refractivity contribution in [3.8, 4) is 5.75 Å². The van der Waals surface area contributed by atoms with Crippen LogP contribution in [0.15, 0.2) is 22.7 Å². The van der Waals surface area contributed by atoms with Gasteiger partial charge in [-0.2, -0.15) is 0 Å². The van der Waals surface area contributed by atoms with Gasteiger partial charge in [0.1, 0.15) is 18.4 Å². The zero-order valence-corrected chi connectivity index (χ0v) is 14.1. The number of benzene rings is 1. The quantitative estimate of drug-likeness (QED) is 0.797. The van der Waals surface area contributed by atoms with Crippen molar-refractivity contribution in [3.63, 3.8) is 0 Å². The molecule has 0 aromatic heterocycles.